The molecule has 0 aromatic carbocycles. The minimum Gasteiger partial charge on any atom is -0.356 e. The molecule has 3 heterocycles. The Balaban J connectivity index is 1.58. The van der Waals surface area contributed by atoms with Crippen molar-refractivity contribution in [1.82, 2.24) is 10.2 Å². The molecule has 1 aromatic rings. The molecule has 0 aliphatic carbocycles. The van der Waals surface area contributed by atoms with E-state index < -0.39 is 9.84 Å². The van der Waals surface area contributed by atoms with E-state index in [9.17, 15) is 8.42 Å². The number of hydrogen-bond acceptors (Lipinski definition) is 4. The summed E-state index contributed by atoms with van der Waals surface area (Å²) in [4.78, 5) is 8.53. The van der Waals surface area contributed by atoms with Crippen molar-refractivity contribution in [1.29, 1.82) is 0 Å². The minimum atomic E-state index is -2.82. The highest BCUT2D eigenvalue weighted by Gasteiger charge is 2.28. The molecule has 1 aromatic heterocycles. The minimum absolute atomic E-state index is 0.183. The summed E-state index contributed by atoms with van der Waals surface area (Å²) >= 11 is 1.78. The number of likely N-dealkylation sites (tertiary alicyclic amines) is 1. The zero-order chi connectivity index (χ0) is 17.7. The van der Waals surface area contributed by atoms with Gasteiger partial charge >= 0.3 is 0 Å². The molecule has 1 N–H and O–H groups in total. The Kier molecular flexibility index (Phi) is 6.39. The van der Waals surface area contributed by atoms with E-state index >= 15 is 0 Å². The Morgan fingerprint density at radius 1 is 1.36 bits per heavy atom. The number of aliphatic imine (C=N–C) groups is 1. The molecule has 1 unspecified atom stereocenters. The standard InChI is InChI=1S/C18H29N3O2S2/c1-15-5-9-21(10-6-15)18(19-8-4-17-3-2-11-24-17)20-13-16-7-12-25(22,23)14-16/h2-3,11,15-16H,4-10,12-14H2,1H3,(H,19,20). The van der Waals surface area contributed by atoms with Crippen LogP contribution in [0.2, 0.25) is 0 Å². The first-order valence-electron chi connectivity index (χ1n) is 9.28. The van der Waals surface area contributed by atoms with Crippen LogP contribution >= 0.6 is 11.3 Å². The fourth-order valence-electron chi connectivity index (χ4n) is 3.47. The van der Waals surface area contributed by atoms with Gasteiger partial charge in [0.15, 0.2) is 15.8 Å². The second-order valence-electron chi connectivity index (χ2n) is 7.36. The molecule has 140 valence electrons. The van der Waals surface area contributed by atoms with Crippen LogP contribution in [0.25, 0.3) is 0 Å². The van der Waals surface area contributed by atoms with Gasteiger partial charge in [-0.15, -0.1) is 11.3 Å². The van der Waals surface area contributed by atoms with Crippen LogP contribution in [0.3, 0.4) is 0 Å². The van der Waals surface area contributed by atoms with Gasteiger partial charge in [0.1, 0.15) is 0 Å². The molecule has 7 heteroatoms. The molecule has 2 fully saturated rings. The molecule has 25 heavy (non-hydrogen) atoms. The fraction of sp³-hybridized carbons (Fsp3) is 0.722. The lowest BCUT2D eigenvalue weighted by atomic mass is 9.99. The van der Waals surface area contributed by atoms with Crippen LogP contribution in [0.1, 0.15) is 31.1 Å². The Bertz CT molecular complexity index is 663. The molecule has 2 aliphatic rings. The lowest BCUT2D eigenvalue weighted by molar-refractivity contribution is 0.273. The maximum absolute atomic E-state index is 11.7. The van der Waals surface area contributed by atoms with E-state index in [1.54, 1.807) is 11.3 Å². The smallest absolute Gasteiger partial charge is 0.193 e. The Morgan fingerprint density at radius 2 is 2.16 bits per heavy atom. The van der Waals surface area contributed by atoms with Crippen molar-refractivity contribution < 1.29 is 8.42 Å². The van der Waals surface area contributed by atoms with Gasteiger partial charge in [-0.05, 0) is 49.0 Å². The predicted octanol–water partition coefficient (Wildman–Crippen LogP) is 2.40. The van der Waals surface area contributed by atoms with Crippen LogP contribution in [0.4, 0.5) is 0 Å². The van der Waals surface area contributed by atoms with Crippen molar-refractivity contribution in [3.05, 3.63) is 22.4 Å². The molecular formula is C18H29N3O2S2. The number of nitrogens with zero attached hydrogens (tertiary/aromatic N) is 2. The second kappa shape index (κ2) is 8.54. The van der Waals surface area contributed by atoms with Gasteiger partial charge in [0, 0.05) is 31.1 Å². The highest BCUT2D eigenvalue weighted by atomic mass is 32.2. The molecule has 0 saturated carbocycles. The molecule has 0 bridgehead atoms. The topological polar surface area (TPSA) is 61.8 Å². The van der Waals surface area contributed by atoms with Crippen molar-refractivity contribution in [2.24, 2.45) is 16.8 Å². The maximum Gasteiger partial charge on any atom is 0.193 e. The summed E-state index contributed by atoms with van der Waals surface area (Å²) in [7, 11) is -2.82. The van der Waals surface area contributed by atoms with Crippen molar-refractivity contribution >= 4 is 27.1 Å². The van der Waals surface area contributed by atoms with E-state index in [1.807, 2.05) is 0 Å². The highest BCUT2D eigenvalue weighted by Crippen LogP contribution is 2.20. The number of thiophene rings is 1. The number of nitrogens with one attached hydrogen (secondary N) is 1. The summed E-state index contributed by atoms with van der Waals surface area (Å²) in [5, 5.41) is 5.63. The number of rotatable bonds is 5. The number of guanidine groups is 1. The molecule has 5 nitrogen and oxygen atoms in total. The number of hydrogen-bond donors (Lipinski definition) is 1. The van der Waals surface area contributed by atoms with Crippen LogP contribution in [0.5, 0.6) is 0 Å². The Morgan fingerprint density at radius 3 is 2.80 bits per heavy atom. The van der Waals surface area contributed by atoms with Gasteiger partial charge in [-0.25, -0.2) is 8.42 Å². The van der Waals surface area contributed by atoms with E-state index in [0.29, 0.717) is 18.1 Å². The molecule has 0 spiro atoms. The van der Waals surface area contributed by atoms with Crippen molar-refractivity contribution in [3.8, 4) is 0 Å². The van der Waals surface area contributed by atoms with Crippen molar-refractivity contribution in [3.63, 3.8) is 0 Å². The highest BCUT2D eigenvalue weighted by molar-refractivity contribution is 7.91. The number of sulfone groups is 1. The fourth-order valence-corrected chi connectivity index (χ4v) is 6.03. The first-order chi connectivity index (χ1) is 12.0. The van der Waals surface area contributed by atoms with E-state index in [-0.39, 0.29) is 5.92 Å². The first kappa shape index (κ1) is 18.7. The molecule has 0 amide bonds. The Hall–Kier alpha value is -1.08. The lowest BCUT2D eigenvalue weighted by Gasteiger charge is -2.33. The van der Waals surface area contributed by atoms with Crippen LogP contribution in [-0.4, -0.2) is 57.0 Å². The normalized spacial score (nSPS) is 24.6. The second-order valence-corrected chi connectivity index (χ2v) is 10.6. The van der Waals surface area contributed by atoms with Crippen LogP contribution in [0.15, 0.2) is 22.5 Å². The van der Waals surface area contributed by atoms with Crippen LogP contribution < -0.4 is 5.32 Å². The first-order valence-corrected chi connectivity index (χ1v) is 12.0. The molecule has 1 atom stereocenters. The molecule has 2 saturated heterocycles. The van der Waals surface area contributed by atoms with Gasteiger partial charge in [-0.3, -0.25) is 4.99 Å². The van der Waals surface area contributed by atoms with Crippen LogP contribution in [0, 0.1) is 11.8 Å². The lowest BCUT2D eigenvalue weighted by Crippen LogP contribution is -2.46. The zero-order valence-electron chi connectivity index (χ0n) is 15.0. The van der Waals surface area contributed by atoms with Gasteiger partial charge in [-0.2, -0.15) is 0 Å². The molecule has 3 rings (SSSR count). The average molecular weight is 384 g/mol. The van der Waals surface area contributed by atoms with Gasteiger partial charge in [0.2, 0.25) is 0 Å². The molecule has 0 radical (unpaired) electrons. The predicted molar refractivity (Wildman–Crippen MR) is 105 cm³/mol. The third kappa shape index (κ3) is 5.71. The van der Waals surface area contributed by atoms with Crippen molar-refractivity contribution in [2.75, 3.05) is 37.7 Å². The van der Waals surface area contributed by atoms with Gasteiger partial charge in [-0.1, -0.05) is 13.0 Å². The molecular weight excluding hydrogens is 354 g/mol. The monoisotopic (exact) mass is 383 g/mol. The average Bonchev–Trinajstić information content (AvgIpc) is 3.21. The zero-order valence-corrected chi connectivity index (χ0v) is 16.6. The summed E-state index contributed by atoms with van der Waals surface area (Å²) in [6.07, 6.45) is 4.15. The van der Waals surface area contributed by atoms with E-state index in [0.717, 1.165) is 44.4 Å². The van der Waals surface area contributed by atoms with E-state index in [1.165, 1.54) is 17.7 Å². The van der Waals surface area contributed by atoms with Gasteiger partial charge < -0.3 is 10.2 Å². The van der Waals surface area contributed by atoms with Gasteiger partial charge in [0.05, 0.1) is 11.5 Å². The van der Waals surface area contributed by atoms with Gasteiger partial charge in [0.25, 0.3) is 0 Å². The summed E-state index contributed by atoms with van der Waals surface area (Å²) in [6.45, 7) is 5.87. The van der Waals surface area contributed by atoms with E-state index in [2.05, 4.69) is 34.7 Å². The van der Waals surface area contributed by atoms with E-state index in [4.69, 9.17) is 4.99 Å². The SMILES string of the molecule is CC1CCN(C(=NCC2CCS(=O)(=O)C2)NCCc2cccs2)CC1. The Labute approximate surface area is 155 Å². The quantitative estimate of drug-likeness (QED) is 0.626. The largest absolute Gasteiger partial charge is 0.356 e. The third-order valence-electron chi connectivity index (χ3n) is 5.14. The maximum atomic E-state index is 11.7. The summed E-state index contributed by atoms with van der Waals surface area (Å²) in [5.74, 6) is 2.56. The summed E-state index contributed by atoms with van der Waals surface area (Å²) in [5.41, 5.74) is 0. The molecule has 2 aliphatic heterocycles. The summed E-state index contributed by atoms with van der Waals surface area (Å²) in [6, 6.07) is 4.25. The summed E-state index contributed by atoms with van der Waals surface area (Å²) < 4.78 is 23.3. The third-order valence-corrected chi connectivity index (χ3v) is 7.92. The van der Waals surface area contributed by atoms with Crippen LogP contribution in [-0.2, 0) is 16.3 Å². The van der Waals surface area contributed by atoms with Crippen molar-refractivity contribution in [2.45, 2.75) is 32.6 Å². The number of piperidine rings is 1.